The second-order valence-corrected chi connectivity index (χ2v) is 6.82. The van der Waals surface area contributed by atoms with E-state index in [4.69, 9.17) is 9.72 Å². The van der Waals surface area contributed by atoms with Crippen molar-refractivity contribution in [3.05, 3.63) is 48.0 Å². The molecule has 0 bridgehead atoms. The van der Waals surface area contributed by atoms with Gasteiger partial charge in [0.05, 0.1) is 35.4 Å². The summed E-state index contributed by atoms with van der Waals surface area (Å²) in [6.07, 6.45) is 5.60. The Morgan fingerprint density at radius 2 is 2.10 bits per heavy atom. The van der Waals surface area contributed by atoms with Crippen molar-refractivity contribution >= 4 is 16.7 Å². The van der Waals surface area contributed by atoms with Crippen LogP contribution in [0.3, 0.4) is 0 Å². The maximum absolute atomic E-state index is 5.73. The second kappa shape index (κ2) is 7.90. The highest BCUT2D eigenvalue weighted by Gasteiger charge is 2.17. The van der Waals surface area contributed by atoms with Crippen LogP contribution in [-0.4, -0.2) is 36.1 Å². The molecule has 4 aromatic heterocycles. The lowest BCUT2D eigenvalue weighted by Gasteiger charge is -2.13. The van der Waals surface area contributed by atoms with Gasteiger partial charge in [0.15, 0.2) is 0 Å². The quantitative estimate of drug-likeness (QED) is 0.519. The van der Waals surface area contributed by atoms with E-state index in [1.807, 2.05) is 56.2 Å². The van der Waals surface area contributed by atoms with Gasteiger partial charge >= 0.3 is 0 Å². The number of hydrogen-bond acceptors (Lipinski definition) is 6. The fraction of sp³-hybridized carbons (Fsp3) is 0.333. The summed E-state index contributed by atoms with van der Waals surface area (Å²) in [6, 6.07) is 5.93. The standard InChI is InChI=1S/C21H25N7O/c1-5-28-20-18(23-11-15-12-24-27(4)13-15)10-17(25-19(20)14(3)26-28)16-8-7-9-22-21(16)29-6-2/h7-10,12-13H,5-6,11H2,1-4H3,(H,23,25). The molecule has 0 fully saturated rings. The average molecular weight is 391 g/mol. The van der Waals surface area contributed by atoms with E-state index in [-0.39, 0.29) is 0 Å². The van der Waals surface area contributed by atoms with Crippen LogP contribution < -0.4 is 10.1 Å². The molecule has 0 atom stereocenters. The zero-order valence-corrected chi connectivity index (χ0v) is 17.2. The fourth-order valence-electron chi connectivity index (χ4n) is 3.43. The summed E-state index contributed by atoms with van der Waals surface area (Å²) >= 11 is 0. The zero-order valence-electron chi connectivity index (χ0n) is 17.2. The molecule has 4 heterocycles. The van der Waals surface area contributed by atoms with Crippen molar-refractivity contribution in [1.82, 2.24) is 29.5 Å². The number of fused-ring (bicyclic) bond motifs is 1. The zero-order chi connectivity index (χ0) is 20.4. The predicted octanol–water partition coefficient (Wildman–Crippen LogP) is 3.57. The van der Waals surface area contributed by atoms with Crippen molar-refractivity contribution in [2.45, 2.75) is 33.9 Å². The molecular weight excluding hydrogens is 366 g/mol. The molecule has 0 aliphatic heterocycles. The van der Waals surface area contributed by atoms with Crippen LogP contribution >= 0.6 is 0 Å². The third-order valence-electron chi connectivity index (χ3n) is 4.73. The van der Waals surface area contributed by atoms with E-state index in [1.165, 1.54) is 0 Å². The van der Waals surface area contributed by atoms with Crippen LogP contribution in [0.5, 0.6) is 5.88 Å². The molecule has 8 heteroatoms. The van der Waals surface area contributed by atoms with Crippen molar-refractivity contribution in [3.63, 3.8) is 0 Å². The van der Waals surface area contributed by atoms with Gasteiger partial charge in [0.2, 0.25) is 5.88 Å². The van der Waals surface area contributed by atoms with Gasteiger partial charge in [-0.25, -0.2) is 9.97 Å². The summed E-state index contributed by atoms with van der Waals surface area (Å²) in [4.78, 5) is 9.30. The van der Waals surface area contributed by atoms with Crippen LogP contribution in [0.4, 0.5) is 5.69 Å². The molecule has 4 aromatic rings. The van der Waals surface area contributed by atoms with Crippen molar-refractivity contribution in [2.24, 2.45) is 7.05 Å². The summed E-state index contributed by atoms with van der Waals surface area (Å²) in [5, 5.41) is 12.5. The SMILES string of the molecule is CCOc1ncccc1-c1cc(NCc2cnn(C)c2)c2c(n1)c(C)nn2CC. The minimum absolute atomic E-state index is 0.547. The highest BCUT2D eigenvalue weighted by atomic mass is 16.5. The Kier molecular flexibility index (Phi) is 5.16. The Morgan fingerprint density at radius 1 is 1.24 bits per heavy atom. The first-order valence-electron chi connectivity index (χ1n) is 9.78. The highest BCUT2D eigenvalue weighted by molar-refractivity contribution is 5.93. The Morgan fingerprint density at radius 3 is 2.83 bits per heavy atom. The van der Waals surface area contributed by atoms with Gasteiger partial charge in [-0.3, -0.25) is 9.36 Å². The van der Waals surface area contributed by atoms with E-state index >= 15 is 0 Å². The molecule has 29 heavy (non-hydrogen) atoms. The summed E-state index contributed by atoms with van der Waals surface area (Å²) < 4.78 is 9.52. The van der Waals surface area contributed by atoms with E-state index in [0.29, 0.717) is 19.0 Å². The average Bonchev–Trinajstić information content (AvgIpc) is 3.29. The van der Waals surface area contributed by atoms with E-state index in [0.717, 1.165) is 45.8 Å². The molecule has 0 unspecified atom stereocenters. The minimum atomic E-state index is 0.547. The lowest BCUT2D eigenvalue weighted by molar-refractivity contribution is 0.328. The van der Waals surface area contributed by atoms with E-state index in [9.17, 15) is 0 Å². The van der Waals surface area contributed by atoms with Gasteiger partial charge in [-0.1, -0.05) is 0 Å². The molecule has 0 aromatic carbocycles. The first-order valence-corrected chi connectivity index (χ1v) is 9.78. The summed E-state index contributed by atoms with van der Waals surface area (Å²) in [5.74, 6) is 0.584. The Labute approximate surface area is 169 Å². The number of rotatable bonds is 7. The number of nitrogens with zero attached hydrogens (tertiary/aromatic N) is 6. The van der Waals surface area contributed by atoms with Gasteiger partial charge in [-0.2, -0.15) is 10.2 Å². The summed E-state index contributed by atoms with van der Waals surface area (Å²) in [7, 11) is 1.92. The number of aromatic nitrogens is 6. The molecule has 1 N–H and O–H groups in total. The maximum atomic E-state index is 5.73. The first kappa shape index (κ1) is 18.9. The van der Waals surface area contributed by atoms with Gasteiger partial charge < -0.3 is 10.1 Å². The smallest absolute Gasteiger partial charge is 0.222 e. The molecule has 0 amide bonds. The lowest BCUT2D eigenvalue weighted by Crippen LogP contribution is -2.05. The Hall–Kier alpha value is -3.42. The number of hydrogen-bond donors (Lipinski definition) is 1. The van der Waals surface area contributed by atoms with E-state index in [1.54, 1.807) is 10.9 Å². The number of pyridine rings is 2. The fourth-order valence-corrected chi connectivity index (χ4v) is 3.43. The van der Waals surface area contributed by atoms with Crippen LogP contribution in [-0.2, 0) is 20.1 Å². The van der Waals surface area contributed by atoms with Gasteiger partial charge in [-0.15, -0.1) is 0 Å². The lowest BCUT2D eigenvalue weighted by atomic mass is 10.1. The number of anilines is 1. The molecule has 4 rings (SSSR count). The predicted molar refractivity (Wildman–Crippen MR) is 113 cm³/mol. The normalized spacial score (nSPS) is 11.2. The molecule has 150 valence electrons. The molecule has 0 aliphatic carbocycles. The van der Waals surface area contributed by atoms with Gasteiger partial charge in [0, 0.05) is 38.1 Å². The van der Waals surface area contributed by atoms with E-state index < -0.39 is 0 Å². The minimum Gasteiger partial charge on any atom is -0.477 e. The van der Waals surface area contributed by atoms with Crippen LogP contribution in [0.1, 0.15) is 25.1 Å². The van der Waals surface area contributed by atoms with Crippen LogP contribution in [0.25, 0.3) is 22.3 Å². The first-order chi connectivity index (χ1) is 14.1. The second-order valence-electron chi connectivity index (χ2n) is 6.82. The highest BCUT2D eigenvalue weighted by Crippen LogP contribution is 2.33. The monoisotopic (exact) mass is 391 g/mol. The number of aryl methyl sites for hydroxylation is 3. The molecule has 0 saturated heterocycles. The van der Waals surface area contributed by atoms with E-state index in [2.05, 4.69) is 27.4 Å². The Balaban J connectivity index is 1.83. The largest absolute Gasteiger partial charge is 0.477 e. The third-order valence-corrected chi connectivity index (χ3v) is 4.73. The molecular formula is C21H25N7O. The van der Waals surface area contributed by atoms with Crippen LogP contribution in [0, 0.1) is 6.92 Å². The molecule has 0 radical (unpaired) electrons. The molecule has 0 spiro atoms. The topological polar surface area (TPSA) is 82.7 Å². The van der Waals surface area contributed by atoms with Crippen LogP contribution in [0.15, 0.2) is 36.8 Å². The van der Waals surface area contributed by atoms with Gasteiger partial charge in [0.25, 0.3) is 0 Å². The molecule has 8 nitrogen and oxygen atoms in total. The van der Waals surface area contributed by atoms with Gasteiger partial charge in [0.1, 0.15) is 11.0 Å². The van der Waals surface area contributed by atoms with Crippen molar-refractivity contribution in [2.75, 3.05) is 11.9 Å². The molecule has 0 saturated carbocycles. The van der Waals surface area contributed by atoms with Crippen molar-refractivity contribution in [1.29, 1.82) is 0 Å². The van der Waals surface area contributed by atoms with Crippen LogP contribution in [0.2, 0.25) is 0 Å². The summed E-state index contributed by atoms with van der Waals surface area (Å²) in [6.45, 7) is 7.99. The Bertz CT molecular complexity index is 1150. The van der Waals surface area contributed by atoms with Crippen molar-refractivity contribution < 1.29 is 4.74 Å². The number of ether oxygens (including phenoxy) is 1. The third kappa shape index (κ3) is 3.65. The van der Waals surface area contributed by atoms with Crippen molar-refractivity contribution in [3.8, 4) is 17.1 Å². The number of nitrogens with one attached hydrogen (secondary N) is 1. The summed E-state index contributed by atoms with van der Waals surface area (Å²) in [5.41, 5.74) is 6.53. The molecule has 0 aliphatic rings. The maximum Gasteiger partial charge on any atom is 0.222 e. The van der Waals surface area contributed by atoms with Gasteiger partial charge in [-0.05, 0) is 39.0 Å².